The van der Waals surface area contributed by atoms with Crippen molar-refractivity contribution in [3.05, 3.63) is 59.7 Å². The Morgan fingerprint density at radius 2 is 1.79 bits per heavy atom. The van der Waals surface area contributed by atoms with E-state index in [2.05, 4.69) is 10.1 Å². The molecule has 0 unspecified atom stereocenters. The summed E-state index contributed by atoms with van der Waals surface area (Å²) in [5, 5.41) is 2.63. The minimum absolute atomic E-state index is 0.0713. The second-order valence-electron chi connectivity index (χ2n) is 5.63. The van der Waals surface area contributed by atoms with Gasteiger partial charge < -0.3 is 19.5 Å². The molecule has 0 aliphatic heterocycles. The van der Waals surface area contributed by atoms with Crippen molar-refractivity contribution in [1.82, 2.24) is 5.32 Å². The van der Waals surface area contributed by atoms with Gasteiger partial charge in [-0.25, -0.2) is 4.79 Å². The lowest BCUT2D eigenvalue weighted by Crippen LogP contribution is -2.30. The maximum Gasteiger partial charge on any atom is 0.387 e. The van der Waals surface area contributed by atoms with E-state index < -0.39 is 25.1 Å². The Bertz CT molecular complexity index is 780. The number of hydrogen-bond donors (Lipinski definition) is 1. The maximum absolute atomic E-state index is 12.1. The topological polar surface area (TPSA) is 73.9 Å². The van der Waals surface area contributed by atoms with Crippen LogP contribution in [0.3, 0.4) is 0 Å². The average Bonchev–Trinajstić information content (AvgIpc) is 2.68. The van der Waals surface area contributed by atoms with E-state index in [1.807, 2.05) is 0 Å². The highest BCUT2D eigenvalue weighted by atomic mass is 19.3. The van der Waals surface area contributed by atoms with Gasteiger partial charge in [-0.3, -0.25) is 4.79 Å². The van der Waals surface area contributed by atoms with Crippen molar-refractivity contribution in [2.45, 2.75) is 20.0 Å². The van der Waals surface area contributed by atoms with E-state index in [4.69, 9.17) is 9.47 Å². The van der Waals surface area contributed by atoms with Crippen molar-refractivity contribution in [2.24, 2.45) is 0 Å². The summed E-state index contributed by atoms with van der Waals surface area (Å²) >= 11 is 0. The molecule has 0 aliphatic rings. The predicted octanol–water partition coefficient (Wildman–Crippen LogP) is 3.20. The van der Waals surface area contributed by atoms with Gasteiger partial charge in [-0.1, -0.05) is 24.3 Å². The molecule has 6 nitrogen and oxygen atoms in total. The third kappa shape index (κ3) is 6.86. The fraction of sp³-hybridized carbons (Fsp3) is 0.300. The van der Waals surface area contributed by atoms with Gasteiger partial charge in [-0.05, 0) is 43.2 Å². The van der Waals surface area contributed by atoms with Crippen LogP contribution >= 0.6 is 0 Å². The largest absolute Gasteiger partial charge is 0.493 e. The first-order valence-corrected chi connectivity index (χ1v) is 8.69. The standard InChI is InChI=1S/C20H21F2NO5/c1-2-26-17-6-4-3-5-16(17)19(25)27-13-18(24)23-12-11-14-7-9-15(10-8-14)28-20(21)22/h3-10,20H,2,11-13H2,1H3,(H,23,24). The molecule has 1 amide bonds. The number of amides is 1. The van der Waals surface area contributed by atoms with E-state index in [0.29, 0.717) is 25.3 Å². The van der Waals surface area contributed by atoms with Gasteiger partial charge >= 0.3 is 12.6 Å². The first kappa shape index (κ1) is 21.1. The van der Waals surface area contributed by atoms with Crippen molar-refractivity contribution in [1.29, 1.82) is 0 Å². The van der Waals surface area contributed by atoms with Gasteiger partial charge in [0.25, 0.3) is 5.91 Å². The van der Waals surface area contributed by atoms with Crippen LogP contribution in [-0.4, -0.2) is 38.2 Å². The number of hydrogen-bond acceptors (Lipinski definition) is 5. The quantitative estimate of drug-likeness (QED) is 0.628. The normalized spacial score (nSPS) is 10.4. The summed E-state index contributed by atoms with van der Waals surface area (Å²) in [5.74, 6) is -0.620. The summed E-state index contributed by atoms with van der Waals surface area (Å²) in [6.45, 7) is -0.774. The molecular formula is C20H21F2NO5. The van der Waals surface area contributed by atoms with E-state index >= 15 is 0 Å². The number of alkyl halides is 2. The minimum atomic E-state index is -2.87. The highest BCUT2D eigenvalue weighted by Gasteiger charge is 2.15. The Morgan fingerprint density at radius 1 is 1.07 bits per heavy atom. The van der Waals surface area contributed by atoms with Gasteiger partial charge in [0.2, 0.25) is 0 Å². The SMILES string of the molecule is CCOc1ccccc1C(=O)OCC(=O)NCCc1ccc(OC(F)F)cc1. The molecule has 8 heteroatoms. The highest BCUT2D eigenvalue weighted by Crippen LogP contribution is 2.19. The van der Waals surface area contributed by atoms with Crippen molar-refractivity contribution in [3.8, 4) is 11.5 Å². The number of benzene rings is 2. The molecule has 1 N–H and O–H groups in total. The first-order valence-electron chi connectivity index (χ1n) is 8.69. The number of ether oxygens (including phenoxy) is 3. The monoisotopic (exact) mass is 393 g/mol. The van der Waals surface area contributed by atoms with Crippen LogP contribution in [0.4, 0.5) is 8.78 Å². The fourth-order valence-electron chi connectivity index (χ4n) is 2.36. The number of nitrogens with one attached hydrogen (secondary N) is 1. The van der Waals surface area contributed by atoms with E-state index in [-0.39, 0.29) is 11.3 Å². The fourth-order valence-corrected chi connectivity index (χ4v) is 2.36. The van der Waals surface area contributed by atoms with Crippen molar-refractivity contribution >= 4 is 11.9 Å². The van der Waals surface area contributed by atoms with E-state index in [0.717, 1.165) is 5.56 Å². The molecule has 2 rings (SSSR count). The van der Waals surface area contributed by atoms with Crippen molar-refractivity contribution in [3.63, 3.8) is 0 Å². The second kappa shape index (κ2) is 10.9. The lowest BCUT2D eigenvalue weighted by molar-refractivity contribution is -0.124. The van der Waals surface area contributed by atoms with Gasteiger partial charge in [-0.2, -0.15) is 8.78 Å². The average molecular weight is 393 g/mol. The zero-order chi connectivity index (χ0) is 20.4. The van der Waals surface area contributed by atoms with E-state index in [9.17, 15) is 18.4 Å². The molecular weight excluding hydrogens is 372 g/mol. The Hall–Kier alpha value is -3.16. The summed E-state index contributed by atoms with van der Waals surface area (Å²) < 4.78 is 38.8. The minimum Gasteiger partial charge on any atom is -0.493 e. The third-order valence-corrected chi connectivity index (χ3v) is 3.63. The number of esters is 1. The Balaban J connectivity index is 1.73. The first-order chi connectivity index (χ1) is 13.5. The molecule has 28 heavy (non-hydrogen) atoms. The highest BCUT2D eigenvalue weighted by molar-refractivity contribution is 5.93. The Morgan fingerprint density at radius 3 is 2.46 bits per heavy atom. The smallest absolute Gasteiger partial charge is 0.387 e. The molecule has 150 valence electrons. The molecule has 0 heterocycles. The molecule has 0 saturated heterocycles. The molecule has 0 spiro atoms. The van der Waals surface area contributed by atoms with Gasteiger partial charge in [-0.15, -0.1) is 0 Å². The van der Waals surface area contributed by atoms with E-state index in [1.54, 1.807) is 43.3 Å². The summed E-state index contributed by atoms with van der Waals surface area (Å²) in [6, 6.07) is 12.8. The molecule has 2 aromatic carbocycles. The number of para-hydroxylation sites is 1. The van der Waals surface area contributed by atoms with Gasteiger partial charge in [0.15, 0.2) is 6.61 Å². The van der Waals surface area contributed by atoms with Crippen LogP contribution in [0, 0.1) is 0 Å². The lowest BCUT2D eigenvalue weighted by atomic mass is 10.1. The summed E-state index contributed by atoms with van der Waals surface area (Å²) in [4.78, 5) is 23.9. The zero-order valence-corrected chi connectivity index (χ0v) is 15.3. The van der Waals surface area contributed by atoms with E-state index in [1.165, 1.54) is 12.1 Å². The predicted molar refractivity (Wildman–Crippen MR) is 97.7 cm³/mol. The maximum atomic E-state index is 12.1. The zero-order valence-electron chi connectivity index (χ0n) is 15.3. The van der Waals surface area contributed by atoms with Gasteiger partial charge in [0.05, 0.1) is 6.61 Å². The van der Waals surface area contributed by atoms with Crippen LogP contribution in [0.15, 0.2) is 48.5 Å². The second-order valence-corrected chi connectivity index (χ2v) is 5.63. The number of carbonyl (C=O) groups is 2. The van der Waals surface area contributed by atoms with Crippen LogP contribution < -0.4 is 14.8 Å². The molecule has 0 aliphatic carbocycles. The Labute approximate surface area is 161 Å². The van der Waals surface area contributed by atoms with Crippen LogP contribution in [0.5, 0.6) is 11.5 Å². The number of halogens is 2. The molecule has 0 fully saturated rings. The van der Waals surface area contributed by atoms with Crippen molar-refractivity contribution in [2.75, 3.05) is 19.8 Å². The third-order valence-electron chi connectivity index (χ3n) is 3.63. The lowest BCUT2D eigenvalue weighted by Gasteiger charge is -2.10. The van der Waals surface area contributed by atoms with Crippen molar-refractivity contribution < 1.29 is 32.6 Å². The molecule has 0 bridgehead atoms. The summed E-state index contributed by atoms with van der Waals surface area (Å²) in [6.07, 6.45) is 0.488. The van der Waals surface area contributed by atoms with Crippen LogP contribution in [0.25, 0.3) is 0 Å². The number of carbonyl (C=O) groups excluding carboxylic acids is 2. The van der Waals surface area contributed by atoms with Crippen LogP contribution in [0.1, 0.15) is 22.8 Å². The summed E-state index contributed by atoms with van der Waals surface area (Å²) in [5.41, 5.74) is 1.09. The molecule has 0 atom stereocenters. The van der Waals surface area contributed by atoms with Crippen LogP contribution in [0.2, 0.25) is 0 Å². The molecule has 0 saturated carbocycles. The molecule has 0 radical (unpaired) electrons. The van der Waals surface area contributed by atoms with Gasteiger partial charge in [0, 0.05) is 6.54 Å². The molecule has 2 aromatic rings. The Kier molecular flexibility index (Phi) is 8.20. The molecule has 0 aromatic heterocycles. The number of rotatable bonds is 10. The van der Waals surface area contributed by atoms with Crippen LogP contribution in [-0.2, 0) is 16.0 Å². The van der Waals surface area contributed by atoms with Gasteiger partial charge in [0.1, 0.15) is 17.1 Å². The summed E-state index contributed by atoms with van der Waals surface area (Å²) in [7, 11) is 0.